The molecule has 0 radical (unpaired) electrons. The first-order chi connectivity index (χ1) is 12.0. The van der Waals surface area contributed by atoms with Crippen LogP contribution in [-0.2, 0) is 16.1 Å². The van der Waals surface area contributed by atoms with Crippen molar-refractivity contribution in [3.8, 4) is 5.75 Å². The number of carbonyl (C=O) groups is 1. The van der Waals surface area contributed by atoms with Gasteiger partial charge in [-0.25, -0.2) is 8.78 Å². The number of pyridine rings is 1. The maximum absolute atomic E-state index is 13.7. The minimum Gasteiger partial charge on any atom is -0.487 e. The van der Waals surface area contributed by atoms with Gasteiger partial charge in [-0.3, -0.25) is 9.78 Å². The summed E-state index contributed by atoms with van der Waals surface area (Å²) in [5.74, 6) is -1.08. The van der Waals surface area contributed by atoms with Crippen LogP contribution in [0, 0.1) is 17.6 Å². The van der Waals surface area contributed by atoms with E-state index in [4.69, 9.17) is 9.47 Å². The average Bonchev–Trinajstić information content (AvgIpc) is 3.38. The van der Waals surface area contributed by atoms with E-state index in [1.807, 2.05) is 0 Å². The van der Waals surface area contributed by atoms with Gasteiger partial charge in [-0.15, -0.1) is 0 Å². The lowest BCUT2D eigenvalue weighted by molar-refractivity contribution is -0.144. The number of nitrogens with zero attached hydrogens (tertiary/aromatic N) is 1. The van der Waals surface area contributed by atoms with Crippen molar-refractivity contribution in [2.24, 2.45) is 5.92 Å². The summed E-state index contributed by atoms with van der Waals surface area (Å²) in [4.78, 5) is 16.0. The molecule has 0 saturated heterocycles. The number of hydrogen-bond donors (Lipinski definition) is 0. The Labute approximate surface area is 152 Å². The van der Waals surface area contributed by atoms with Crippen molar-refractivity contribution >= 4 is 21.9 Å². The first kappa shape index (κ1) is 17.8. The summed E-state index contributed by atoms with van der Waals surface area (Å²) < 4.78 is 37.6. The average molecular weight is 412 g/mol. The van der Waals surface area contributed by atoms with E-state index in [0.29, 0.717) is 12.4 Å². The van der Waals surface area contributed by atoms with Gasteiger partial charge in [-0.1, -0.05) is 0 Å². The second-order valence-corrected chi connectivity index (χ2v) is 6.62. The largest absolute Gasteiger partial charge is 0.487 e. The third-order valence-corrected chi connectivity index (χ3v) is 4.61. The van der Waals surface area contributed by atoms with E-state index in [1.54, 1.807) is 19.1 Å². The molecule has 25 heavy (non-hydrogen) atoms. The maximum atomic E-state index is 13.7. The minimum atomic E-state index is -0.666. The van der Waals surface area contributed by atoms with Crippen LogP contribution in [0.2, 0.25) is 0 Å². The number of carbonyl (C=O) groups excluding carboxylic acids is 1. The summed E-state index contributed by atoms with van der Waals surface area (Å²) in [5, 5.41) is 0. The number of rotatable bonds is 6. The Hall–Kier alpha value is -2.02. The molecule has 0 spiro atoms. The van der Waals surface area contributed by atoms with Crippen LogP contribution in [0.4, 0.5) is 8.78 Å². The molecule has 1 aliphatic rings. The fourth-order valence-corrected chi connectivity index (χ4v) is 2.95. The molecular formula is C18H16BrF2NO3. The molecule has 1 aromatic carbocycles. The Morgan fingerprint density at radius 1 is 1.32 bits per heavy atom. The molecule has 1 heterocycles. The Balaban J connectivity index is 1.59. The number of benzene rings is 1. The van der Waals surface area contributed by atoms with Gasteiger partial charge in [0, 0.05) is 23.2 Å². The van der Waals surface area contributed by atoms with Crippen molar-refractivity contribution < 1.29 is 23.0 Å². The van der Waals surface area contributed by atoms with Crippen LogP contribution < -0.4 is 4.74 Å². The van der Waals surface area contributed by atoms with Crippen LogP contribution in [0.3, 0.4) is 0 Å². The van der Waals surface area contributed by atoms with Gasteiger partial charge in [0.1, 0.15) is 24.0 Å². The molecule has 0 N–H and O–H groups in total. The van der Waals surface area contributed by atoms with E-state index in [1.165, 1.54) is 12.3 Å². The summed E-state index contributed by atoms with van der Waals surface area (Å²) in [6.07, 6.45) is 2.27. The topological polar surface area (TPSA) is 48.4 Å². The molecule has 3 rings (SSSR count). The van der Waals surface area contributed by atoms with E-state index in [0.717, 1.165) is 18.2 Å². The van der Waals surface area contributed by atoms with Gasteiger partial charge < -0.3 is 9.47 Å². The highest BCUT2D eigenvalue weighted by Gasteiger charge is 2.46. The summed E-state index contributed by atoms with van der Waals surface area (Å²) >= 11 is 3.02. The van der Waals surface area contributed by atoms with Crippen molar-refractivity contribution in [1.29, 1.82) is 0 Å². The van der Waals surface area contributed by atoms with Gasteiger partial charge in [0.05, 0.1) is 23.2 Å². The number of ether oxygens (including phenoxy) is 2. The van der Waals surface area contributed by atoms with Crippen molar-refractivity contribution in [2.75, 3.05) is 6.61 Å². The molecular weight excluding hydrogens is 396 g/mol. The zero-order chi connectivity index (χ0) is 18.0. The SMILES string of the molecule is CCOC(=O)[C@@H]1C[C@H]1c1ccc(OCc2cc(Br)c(F)cc2F)cn1. The van der Waals surface area contributed by atoms with Crippen LogP contribution in [0.25, 0.3) is 0 Å². The molecule has 0 unspecified atom stereocenters. The molecule has 1 saturated carbocycles. The molecule has 0 aliphatic heterocycles. The van der Waals surface area contributed by atoms with E-state index < -0.39 is 11.6 Å². The smallest absolute Gasteiger partial charge is 0.309 e. The van der Waals surface area contributed by atoms with Gasteiger partial charge in [0.2, 0.25) is 0 Å². The van der Waals surface area contributed by atoms with Gasteiger partial charge in [-0.05, 0) is 47.5 Å². The lowest BCUT2D eigenvalue weighted by Gasteiger charge is -2.08. The summed E-state index contributed by atoms with van der Waals surface area (Å²) in [6, 6.07) is 5.67. The van der Waals surface area contributed by atoms with Crippen LogP contribution in [0.1, 0.15) is 30.5 Å². The van der Waals surface area contributed by atoms with Crippen molar-refractivity contribution in [3.63, 3.8) is 0 Å². The highest BCUT2D eigenvalue weighted by atomic mass is 79.9. The third-order valence-electron chi connectivity index (χ3n) is 4.00. The molecule has 1 aromatic heterocycles. The second kappa shape index (κ2) is 7.47. The van der Waals surface area contributed by atoms with E-state index in [9.17, 15) is 13.6 Å². The standard InChI is InChI=1S/C18H16BrF2NO3/c1-2-24-18(23)13-6-12(13)17-4-3-11(8-22-17)25-9-10-5-14(19)16(21)7-15(10)20/h3-5,7-8,12-13H,2,6,9H2,1H3/t12-,13-/m1/s1. The van der Waals surface area contributed by atoms with Gasteiger partial charge in [0.15, 0.2) is 0 Å². The second-order valence-electron chi connectivity index (χ2n) is 5.77. The lowest BCUT2D eigenvalue weighted by atomic mass is 10.2. The summed E-state index contributed by atoms with van der Waals surface area (Å²) in [5.41, 5.74) is 1.04. The van der Waals surface area contributed by atoms with Gasteiger partial charge in [-0.2, -0.15) is 0 Å². The summed E-state index contributed by atoms with van der Waals surface area (Å²) in [7, 11) is 0. The molecule has 2 aromatic rings. The molecule has 1 fully saturated rings. The fraction of sp³-hybridized carbons (Fsp3) is 0.333. The predicted octanol–water partition coefficient (Wildman–Crippen LogP) is 4.37. The number of esters is 1. The molecule has 2 atom stereocenters. The predicted molar refractivity (Wildman–Crippen MR) is 90.1 cm³/mol. The van der Waals surface area contributed by atoms with Crippen molar-refractivity contribution in [1.82, 2.24) is 4.98 Å². The normalized spacial score (nSPS) is 18.7. The Morgan fingerprint density at radius 2 is 2.12 bits per heavy atom. The Morgan fingerprint density at radius 3 is 2.80 bits per heavy atom. The molecule has 1 aliphatic carbocycles. The zero-order valence-corrected chi connectivity index (χ0v) is 15.1. The van der Waals surface area contributed by atoms with Crippen LogP contribution in [-0.4, -0.2) is 17.6 Å². The minimum absolute atomic E-state index is 0.0411. The number of hydrogen-bond acceptors (Lipinski definition) is 4. The first-order valence-electron chi connectivity index (χ1n) is 7.88. The first-order valence-corrected chi connectivity index (χ1v) is 8.67. The molecule has 132 valence electrons. The lowest BCUT2D eigenvalue weighted by Crippen LogP contribution is -2.07. The highest BCUT2D eigenvalue weighted by Crippen LogP contribution is 2.47. The molecule has 0 amide bonds. The van der Waals surface area contributed by atoms with Gasteiger partial charge in [0.25, 0.3) is 0 Å². The highest BCUT2D eigenvalue weighted by molar-refractivity contribution is 9.10. The third kappa shape index (κ3) is 4.15. The molecule has 7 heteroatoms. The van der Waals surface area contributed by atoms with Crippen LogP contribution in [0.15, 0.2) is 34.9 Å². The van der Waals surface area contributed by atoms with Gasteiger partial charge >= 0.3 is 5.97 Å². The van der Waals surface area contributed by atoms with Crippen LogP contribution in [0.5, 0.6) is 5.75 Å². The fourth-order valence-electron chi connectivity index (χ4n) is 2.56. The van der Waals surface area contributed by atoms with Crippen LogP contribution >= 0.6 is 15.9 Å². The van der Waals surface area contributed by atoms with Crippen molar-refractivity contribution in [3.05, 3.63) is 57.8 Å². The number of aromatic nitrogens is 1. The van der Waals surface area contributed by atoms with E-state index in [-0.39, 0.29) is 34.4 Å². The Bertz CT molecular complexity index is 783. The maximum Gasteiger partial charge on any atom is 0.309 e. The Kier molecular flexibility index (Phi) is 5.32. The number of halogens is 3. The summed E-state index contributed by atoms with van der Waals surface area (Å²) in [6.45, 7) is 2.11. The van der Waals surface area contributed by atoms with E-state index >= 15 is 0 Å². The zero-order valence-electron chi connectivity index (χ0n) is 13.5. The quantitative estimate of drug-likeness (QED) is 0.523. The molecule has 0 bridgehead atoms. The van der Waals surface area contributed by atoms with Crippen molar-refractivity contribution in [2.45, 2.75) is 25.9 Å². The molecule has 4 nitrogen and oxygen atoms in total. The monoisotopic (exact) mass is 411 g/mol. The van der Waals surface area contributed by atoms with E-state index in [2.05, 4.69) is 20.9 Å².